The lowest BCUT2D eigenvalue weighted by molar-refractivity contribution is -0.138. The maximum Gasteiger partial charge on any atom is 0.322 e. The maximum absolute atomic E-state index is 12.0. The van der Waals surface area contributed by atoms with Crippen molar-refractivity contribution in [1.82, 2.24) is 16.0 Å². The number of nitrogens with one attached hydrogen (secondary N) is 3. The molecule has 144 valence electrons. The second kappa shape index (κ2) is 12.2. The van der Waals surface area contributed by atoms with E-state index in [0.29, 0.717) is 19.4 Å². The van der Waals surface area contributed by atoms with Crippen LogP contribution in [0.25, 0.3) is 0 Å². The Morgan fingerprint density at radius 1 is 1.04 bits per heavy atom. The van der Waals surface area contributed by atoms with Crippen molar-refractivity contribution in [2.24, 2.45) is 11.5 Å². The molecular weight excluding hydrogens is 334 g/mol. The number of amides is 3. The first-order valence-electron chi connectivity index (χ1n) is 7.89. The van der Waals surface area contributed by atoms with E-state index in [1.165, 1.54) is 6.92 Å². The molecule has 3 unspecified atom stereocenters. The van der Waals surface area contributed by atoms with Gasteiger partial charge in [-0.15, -0.1) is 0 Å². The number of carboxylic acids is 1. The minimum Gasteiger partial charge on any atom is -0.480 e. The molecule has 3 atom stereocenters. The van der Waals surface area contributed by atoms with Gasteiger partial charge in [-0.05, 0) is 32.7 Å². The van der Waals surface area contributed by atoms with Gasteiger partial charge in [0.05, 0.1) is 12.6 Å². The fourth-order valence-corrected chi connectivity index (χ4v) is 1.80. The summed E-state index contributed by atoms with van der Waals surface area (Å²) in [6.07, 6.45) is 0.392. The number of rotatable bonds is 12. The average molecular weight is 361 g/mol. The topological polar surface area (TPSA) is 197 Å². The molecule has 0 rings (SSSR count). The first-order chi connectivity index (χ1) is 11.7. The summed E-state index contributed by atoms with van der Waals surface area (Å²) in [5.74, 6) is -3.20. The van der Waals surface area contributed by atoms with E-state index in [-0.39, 0.29) is 6.42 Å². The molecule has 0 radical (unpaired) electrons. The Balaban J connectivity index is 4.55. The lowest BCUT2D eigenvalue weighted by atomic mass is 10.1. The Kier molecular flexibility index (Phi) is 11.1. The predicted molar refractivity (Wildman–Crippen MR) is 88.1 cm³/mol. The van der Waals surface area contributed by atoms with Crippen LogP contribution in [0.15, 0.2) is 0 Å². The molecule has 0 aliphatic rings. The molecule has 0 heterocycles. The molecule has 0 aliphatic carbocycles. The first-order valence-corrected chi connectivity index (χ1v) is 7.89. The SMILES string of the molecule is CC(O)C(N)C(=O)NCC(=O)NC(CCCCN)C(=O)NCC(=O)O. The molecular formula is C14H27N5O6. The van der Waals surface area contributed by atoms with E-state index in [1.807, 2.05) is 0 Å². The van der Waals surface area contributed by atoms with Gasteiger partial charge in [-0.1, -0.05) is 0 Å². The summed E-state index contributed by atoms with van der Waals surface area (Å²) in [5, 5.41) is 24.6. The Morgan fingerprint density at radius 2 is 1.64 bits per heavy atom. The van der Waals surface area contributed by atoms with Gasteiger partial charge in [0, 0.05) is 0 Å². The molecule has 9 N–H and O–H groups in total. The highest BCUT2D eigenvalue weighted by Crippen LogP contribution is 2.01. The number of aliphatic carboxylic acids is 1. The summed E-state index contributed by atoms with van der Waals surface area (Å²) in [6, 6.07) is -2.12. The Bertz CT molecular complexity index is 471. The zero-order valence-corrected chi connectivity index (χ0v) is 14.2. The summed E-state index contributed by atoms with van der Waals surface area (Å²) in [7, 11) is 0. The molecule has 0 saturated carbocycles. The number of aliphatic hydroxyl groups is 1. The minimum atomic E-state index is -1.21. The normalized spacial score (nSPS) is 14.1. The van der Waals surface area contributed by atoms with Crippen LogP contribution in [-0.2, 0) is 19.2 Å². The molecule has 0 bridgehead atoms. The number of unbranched alkanes of at least 4 members (excludes halogenated alkanes) is 1. The van der Waals surface area contributed by atoms with Crippen LogP contribution < -0.4 is 27.4 Å². The molecule has 0 spiro atoms. The number of hydrogen-bond donors (Lipinski definition) is 7. The van der Waals surface area contributed by atoms with Gasteiger partial charge in [-0.25, -0.2) is 0 Å². The van der Waals surface area contributed by atoms with Crippen molar-refractivity contribution >= 4 is 23.7 Å². The zero-order valence-electron chi connectivity index (χ0n) is 14.2. The van der Waals surface area contributed by atoms with Gasteiger partial charge in [0.25, 0.3) is 0 Å². The monoisotopic (exact) mass is 361 g/mol. The zero-order chi connectivity index (χ0) is 19.4. The molecule has 11 heteroatoms. The van der Waals surface area contributed by atoms with Gasteiger partial charge >= 0.3 is 5.97 Å². The van der Waals surface area contributed by atoms with Crippen molar-refractivity contribution in [2.45, 2.75) is 44.4 Å². The fraction of sp³-hybridized carbons (Fsp3) is 0.714. The molecule has 11 nitrogen and oxygen atoms in total. The number of carbonyl (C=O) groups is 4. The van der Waals surface area contributed by atoms with Crippen molar-refractivity contribution in [1.29, 1.82) is 0 Å². The van der Waals surface area contributed by atoms with Crippen molar-refractivity contribution in [2.75, 3.05) is 19.6 Å². The first kappa shape index (κ1) is 22.8. The highest BCUT2D eigenvalue weighted by atomic mass is 16.4. The predicted octanol–water partition coefficient (Wildman–Crippen LogP) is -3.37. The summed E-state index contributed by atoms with van der Waals surface area (Å²) >= 11 is 0. The number of carboxylic acid groups (broad SMARTS) is 1. The van der Waals surface area contributed by atoms with Crippen LogP contribution in [0.4, 0.5) is 0 Å². The van der Waals surface area contributed by atoms with E-state index < -0.39 is 55.0 Å². The molecule has 0 aromatic heterocycles. The molecule has 0 saturated heterocycles. The lowest BCUT2D eigenvalue weighted by Gasteiger charge is -2.19. The Morgan fingerprint density at radius 3 is 2.16 bits per heavy atom. The van der Waals surface area contributed by atoms with Gasteiger partial charge in [-0.2, -0.15) is 0 Å². The molecule has 0 aliphatic heterocycles. The second-order valence-corrected chi connectivity index (χ2v) is 5.50. The summed E-state index contributed by atoms with van der Waals surface area (Å²) in [6.45, 7) is 0.760. The maximum atomic E-state index is 12.0. The van der Waals surface area contributed by atoms with Gasteiger partial charge in [0.15, 0.2) is 0 Å². The largest absolute Gasteiger partial charge is 0.480 e. The number of hydrogen-bond acceptors (Lipinski definition) is 7. The van der Waals surface area contributed by atoms with Crippen LogP contribution >= 0.6 is 0 Å². The van der Waals surface area contributed by atoms with E-state index in [2.05, 4.69) is 16.0 Å². The van der Waals surface area contributed by atoms with Gasteiger partial charge < -0.3 is 37.6 Å². The van der Waals surface area contributed by atoms with Crippen LogP contribution in [0.5, 0.6) is 0 Å². The van der Waals surface area contributed by atoms with Gasteiger partial charge in [-0.3, -0.25) is 19.2 Å². The Labute approximate surface area is 145 Å². The van der Waals surface area contributed by atoms with Crippen molar-refractivity contribution in [3.05, 3.63) is 0 Å². The summed E-state index contributed by atoms with van der Waals surface area (Å²) in [4.78, 5) is 45.9. The van der Waals surface area contributed by atoms with Gasteiger partial charge in [0.1, 0.15) is 18.6 Å². The highest BCUT2D eigenvalue weighted by Gasteiger charge is 2.22. The third-order valence-corrected chi connectivity index (χ3v) is 3.26. The molecule has 25 heavy (non-hydrogen) atoms. The van der Waals surface area contributed by atoms with E-state index in [4.69, 9.17) is 16.6 Å². The average Bonchev–Trinajstić information content (AvgIpc) is 2.55. The molecule has 0 aromatic rings. The fourth-order valence-electron chi connectivity index (χ4n) is 1.80. The summed E-state index contributed by atoms with van der Waals surface area (Å²) < 4.78 is 0. The quantitative estimate of drug-likeness (QED) is 0.175. The van der Waals surface area contributed by atoms with E-state index in [1.54, 1.807) is 0 Å². The van der Waals surface area contributed by atoms with Crippen molar-refractivity contribution in [3.8, 4) is 0 Å². The van der Waals surface area contributed by atoms with Crippen molar-refractivity contribution in [3.63, 3.8) is 0 Å². The second-order valence-electron chi connectivity index (χ2n) is 5.50. The number of nitrogens with two attached hydrogens (primary N) is 2. The third kappa shape index (κ3) is 10.3. The van der Waals surface area contributed by atoms with Gasteiger partial charge in [0.2, 0.25) is 17.7 Å². The lowest BCUT2D eigenvalue weighted by Crippen LogP contribution is -2.52. The molecule has 0 fully saturated rings. The molecule has 3 amide bonds. The highest BCUT2D eigenvalue weighted by molar-refractivity contribution is 5.92. The van der Waals surface area contributed by atoms with E-state index >= 15 is 0 Å². The minimum absolute atomic E-state index is 0.273. The van der Waals surface area contributed by atoms with E-state index in [0.717, 1.165) is 0 Å². The number of carbonyl (C=O) groups excluding carboxylic acids is 3. The Hall–Kier alpha value is -2.24. The number of aliphatic hydroxyl groups excluding tert-OH is 1. The van der Waals surface area contributed by atoms with Crippen LogP contribution in [-0.4, -0.2) is 71.7 Å². The smallest absolute Gasteiger partial charge is 0.322 e. The standard InChI is InChI=1S/C14H27N5O6/c1-8(20)12(16)14(25)17-6-10(21)19-9(4-2-3-5-15)13(24)18-7-11(22)23/h8-9,12,20H,2-7,15-16H2,1H3,(H,17,25)(H,18,24)(H,19,21)(H,22,23). The van der Waals surface area contributed by atoms with Crippen LogP contribution in [0.2, 0.25) is 0 Å². The van der Waals surface area contributed by atoms with E-state index in [9.17, 15) is 24.3 Å². The summed E-state index contributed by atoms with van der Waals surface area (Å²) in [5.41, 5.74) is 10.8. The van der Waals surface area contributed by atoms with Crippen LogP contribution in [0, 0.1) is 0 Å². The van der Waals surface area contributed by atoms with Crippen LogP contribution in [0.1, 0.15) is 26.2 Å². The third-order valence-electron chi connectivity index (χ3n) is 3.26. The van der Waals surface area contributed by atoms with Crippen molar-refractivity contribution < 1.29 is 29.4 Å². The van der Waals surface area contributed by atoms with Crippen LogP contribution in [0.3, 0.4) is 0 Å². The molecule has 0 aromatic carbocycles.